The summed E-state index contributed by atoms with van der Waals surface area (Å²) in [6, 6.07) is 0. The van der Waals surface area contributed by atoms with E-state index in [9.17, 15) is 43.2 Å². The smallest absolute Gasteiger partial charge is 0.462 e. The molecule has 0 aliphatic heterocycles. The highest BCUT2D eigenvalue weighted by Crippen LogP contribution is 2.45. The third kappa shape index (κ3) is 75.2. The molecule has 19 heteroatoms. The van der Waals surface area contributed by atoms with Crippen LogP contribution in [-0.4, -0.2) is 96.7 Å². The fourth-order valence-corrected chi connectivity index (χ4v) is 11.8. The number of phosphoric acid groups is 2. The Morgan fingerprint density at radius 3 is 0.779 bits per heavy atom. The van der Waals surface area contributed by atoms with Crippen LogP contribution in [0.25, 0.3) is 0 Å². The largest absolute Gasteiger partial charge is 0.472 e. The Morgan fingerprint density at radius 1 is 0.279 bits per heavy atom. The van der Waals surface area contributed by atoms with Gasteiger partial charge in [-0.3, -0.25) is 37.3 Å². The number of phosphoric ester groups is 2. The number of ether oxygens (including phenoxy) is 4. The van der Waals surface area contributed by atoms with Crippen molar-refractivity contribution in [3.05, 3.63) is 146 Å². The van der Waals surface area contributed by atoms with Gasteiger partial charge in [-0.1, -0.05) is 263 Å². The predicted molar refractivity (Wildman–Crippen MR) is 427 cm³/mol. The third-order valence-corrected chi connectivity index (χ3v) is 18.2. The Morgan fingerprint density at radius 2 is 0.500 bits per heavy atom. The SMILES string of the molecule is CC/C=C\C/C=C\C/C=C\C/C=C\C/C=C\CCCCCC(=O)OCC(COP(=O)(O)OCC(O)COP(=O)(O)OCC(COC(=O)CCCCCCC/C=C\C/C=C\C/C=C\CC)OC(=O)CCCCCCC/C=C\C/C=C\CCCCC)OC(=O)CCCCCCC/C=C\C/C=C\CCCCC. The van der Waals surface area contributed by atoms with E-state index >= 15 is 0 Å². The molecule has 0 fully saturated rings. The van der Waals surface area contributed by atoms with E-state index in [4.69, 9.17) is 37.0 Å². The predicted octanol–water partition coefficient (Wildman–Crippen LogP) is 23.4. The van der Waals surface area contributed by atoms with Gasteiger partial charge in [-0.25, -0.2) is 9.13 Å². The molecular formula is C85H142O17P2. The van der Waals surface area contributed by atoms with Crippen LogP contribution < -0.4 is 0 Å². The zero-order valence-electron chi connectivity index (χ0n) is 64.9. The summed E-state index contributed by atoms with van der Waals surface area (Å²) in [7, 11) is -9.99. The van der Waals surface area contributed by atoms with Crippen LogP contribution in [-0.2, 0) is 65.4 Å². The molecule has 0 aliphatic carbocycles. The zero-order chi connectivity index (χ0) is 76.0. The van der Waals surface area contributed by atoms with E-state index in [2.05, 4.69) is 174 Å². The Kier molecular flexibility index (Phi) is 72.4. The highest BCUT2D eigenvalue weighted by atomic mass is 31.2. The van der Waals surface area contributed by atoms with Gasteiger partial charge in [0.2, 0.25) is 0 Å². The first kappa shape index (κ1) is 98.9. The van der Waals surface area contributed by atoms with Crippen LogP contribution in [0, 0.1) is 0 Å². The molecule has 594 valence electrons. The van der Waals surface area contributed by atoms with Crippen molar-refractivity contribution in [3.8, 4) is 0 Å². The average Bonchev–Trinajstić information content (AvgIpc) is 0.918. The maximum Gasteiger partial charge on any atom is 0.472 e. The van der Waals surface area contributed by atoms with Crippen molar-refractivity contribution >= 4 is 39.5 Å². The van der Waals surface area contributed by atoms with Crippen molar-refractivity contribution in [1.29, 1.82) is 0 Å². The summed E-state index contributed by atoms with van der Waals surface area (Å²) in [6.07, 6.45) is 86.8. The van der Waals surface area contributed by atoms with Crippen molar-refractivity contribution in [3.63, 3.8) is 0 Å². The first-order valence-corrected chi connectivity index (χ1v) is 43.1. The minimum atomic E-state index is -5.00. The average molecular weight is 1500 g/mol. The second-order valence-electron chi connectivity index (χ2n) is 26.2. The summed E-state index contributed by atoms with van der Waals surface area (Å²) >= 11 is 0. The molecule has 0 amide bonds. The summed E-state index contributed by atoms with van der Waals surface area (Å²) in [5.74, 6) is -2.26. The van der Waals surface area contributed by atoms with Gasteiger partial charge in [-0.05, 0) is 167 Å². The maximum atomic E-state index is 13.1. The molecule has 0 aromatic carbocycles. The van der Waals surface area contributed by atoms with Crippen molar-refractivity contribution in [2.24, 2.45) is 0 Å². The maximum absolute atomic E-state index is 13.1. The molecular weight excluding hydrogens is 1350 g/mol. The van der Waals surface area contributed by atoms with Gasteiger partial charge in [-0.15, -0.1) is 0 Å². The number of carbonyl (C=O) groups is 4. The second kappa shape index (κ2) is 76.1. The molecule has 0 radical (unpaired) electrons. The number of esters is 4. The number of aliphatic hydroxyl groups is 1. The van der Waals surface area contributed by atoms with Crippen molar-refractivity contribution in [2.45, 2.75) is 329 Å². The number of hydrogen-bond donors (Lipinski definition) is 3. The third-order valence-electron chi connectivity index (χ3n) is 16.3. The van der Waals surface area contributed by atoms with E-state index < -0.39 is 97.5 Å². The summed E-state index contributed by atoms with van der Waals surface area (Å²) in [5, 5.41) is 10.6. The Labute approximate surface area is 630 Å². The fraction of sp³-hybridized carbons (Fsp3) is 0.671. The number of allylic oxidation sites excluding steroid dienone is 24. The number of unbranched alkanes of at least 4 members (excludes halogenated alkanes) is 24. The standard InChI is InChI=1S/C85H142O17P2/c1-5-9-13-17-21-25-29-33-37-38-39-40-44-46-50-54-58-62-66-70-83(88)96-76-81(102-85(90)72-68-64-60-56-52-48-43-36-32-28-24-20-16-12-8-4)78-100-104(93,94)98-74-79(86)73-97-103(91,92)99-77-80(101-84(89)71-67-63-59-55-51-47-42-35-31-27-23-19-15-11-7-3)75-95-82(87)69-65-61-57-53-49-45-41-34-30-26-22-18-14-10-6-2/h9-10,13-14,21-28,33-37,39-43,46,50,79-81,86H,5-8,11-12,15-20,29-32,38,44-45,47-49,51-78H2,1-4H3,(H,91,92)(H,93,94)/b13-9-,14-10-,25-21-,26-22-,27-23-,28-24-,37-33-,40-39-,41-34-,42-35-,43-36-,50-46-. The Bertz CT molecular complexity index is 2540. The van der Waals surface area contributed by atoms with E-state index in [1.165, 1.54) is 38.5 Å². The van der Waals surface area contributed by atoms with Crippen LogP contribution in [0.5, 0.6) is 0 Å². The summed E-state index contributed by atoms with van der Waals surface area (Å²) in [4.78, 5) is 73.0. The highest BCUT2D eigenvalue weighted by molar-refractivity contribution is 7.47. The van der Waals surface area contributed by atoms with Gasteiger partial charge in [0.05, 0.1) is 26.4 Å². The lowest BCUT2D eigenvalue weighted by molar-refractivity contribution is -0.161. The summed E-state index contributed by atoms with van der Waals surface area (Å²) in [6.45, 7) is 4.51. The molecule has 0 rings (SSSR count). The van der Waals surface area contributed by atoms with Crippen LogP contribution in [0.1, 0.15) is 310 Å². The van der Waals surface area contributed by atoms with Crippen LogP contribution in [0.3, 0.4) is 0 Å². The lowest BCUT2D eigenvalue weighted by Crippen LogP contribution is -2.30. The molecule has 17 nitrogen and oxygen atoms in total. The summed E-state index contributed by atoms with van der Waals surface area (Å²) < 4.78 is 68.6. The van der Waals surface area contributed by atoms with Crippen molar-refractivity contribution in [2.75, 3.05) is 39.6 Å². The lowest BCUT2D eigenvalue weighted by atomic mass is 10.1. The molecule has 0 bridgehead atoms. The quantitative estimate of drug-likeness (QED) is 0.0169. The fourth-order valence-electron chi connectivity index (χ4n) is 10.2. The molecule has 0 heterocycles. The van der Waals surface area contributed by atoms with E-state index in [0.717, 1.165) is 193 Å². The lowest BCUT2D eigenvalue weighted by Gasteiger charge is -2.21. The highest BCUT2D eigenvalue weighted by Gasteiger charge is 2.30. The number of hydrogen-bond acceptors (Lipinski definition) is 15. The van der Waals surface area contributed by atoms with Crippen molar-refractivity contribution in [1.82, 2.24) is 0 Å². The number of aliphatic hydroxyl groups excluding tert-OH is 1. The molecule has 0 aromatic rings. The van der Waals surface area contributed by atoms with Gasteiger partial charge < -0.3 is 33.8 Å². The molecule has 0 aromatic heterocycles. The van der Waals surface area contributed by atoms with Crippen LogP contribution in [0.4, 0.5) is 0 Å². The number of rotatable bonds is 74. The molecule has 3 N–H and O–H groups in total. The molecule has 0 aliphatic rings. The first-order chi connectivity index (χ1) is 50.7. The summed E-state index contributed by atoms with van der Waals surface area (Å²) in [5.41, 5.74) is 0. The molecule has 5 unspecified atom stereocenters. The van der Waals surface area contributed by atoms with E-state index in [0.29, 0.717) is 25.7 Å². The minimum absolute atomic E-state index is 0.0667. The molecule has 104 heavy (non-hydrogen) atoms. The normalized spacial score (nSPS) is 14.6. The van der Waals surface area contributed by atoms with Gasteiger partial charge in [0.15, 0.2) is 12.2 Å². The van der Waals surface area contributed by atoms with Crippen LogP contribution >= 0.6 is 15.6 Å². The van der Waals surface area contributed by atoms with Crippen LogP contribution in [0.15, 0.2) is 146 Å². The van der Waals surface area contributed by atoms with E-state index in [-0.39, 0.29) is 25.7 Å². The Balaban J connectivity index is 5.44. The van der Waals surface area contributed by atoms with Crippen molar-refractivity contribution < 1.29 is 80.2 Å². The number of carbonyl (C=O) groups excluding carboxylic acids is 4. The monoisotopic (exact) mass is 1500 g/mol. The zero-order valence-corrected chi connectivity index (χ0v) is 66.7. The Hall–Kier alpha value is -5.06. The van der Waals surface area contributed by atoms with E-state index in [1.807, 2.05) is 0 Å². The van der Waals surface area contributed by atoms with Gasteiger partial charge in [0.1, 0.15) is 19.3 Å². The van der Waals surface area contributed by atoms with Gasteiger partial charge in [-0.2, -0.15) is 0 Å². The second-order valence-corrected chi connectivity index (χ2v) is 29.1. The van der Waals surface area contributed by atoms with Gasteiger partial charge >= 0.3 is 39.5 Å². The van der Waals surface area contributed by atoms with Gasteiger partial charge in [0.25, 0.3) is 0 Å². The van der Waals surface area contributed by atoms with E-state index in [1.54, 1.807) is 0 Å². The van der Waals surface area contributed by atoms with Crippen LogP contribution in [0.2, 0.25) is 0 Å². The van der Waals surface area contributed by atoms with Gasteiger partial charge in [0, 0.05) is 25.7 Å². The first-order valence-electron chi connectivity index (χ1n) is 40.1. The molecule has 5 atom stereocenters. The molecule has 0 saturated heterocycles. The molecule has 0 saturated carbocycles. The molecule has 0 spiro atoms. The minimum Gasteiger partial charge on any atom is -0.462 e. The topological polar surface area (TPSA) is 237 Å².